The molecule has 6 nitrogen and oxygen atoms in total. The van der Waals surface area contributed by atoms with E-state index in [-0.39, 0.29) is 18.2 Å². The van der Waals surface area contributed by atoms with Gasteiger partial charge in [-0.2, -0.15) is 0 Å². The van der Waals surface area contributed by atoms with Gasteiger partial charge in [-0.3, -0.25) is 4.79 Å². The number of benzene rings is 1. The van der Waals surface area contributed by atoms with Crippen LogP contribution in [0.4, 0.5) is 0 Å². The second-order valence-electron chi connectivity index (χ2n) is 4.54. The van der Waals surface area contributed by atoms with E-state index < -0.39 is 18.0 Å². The van der Waals surface area contributed by atoms with E-state index in [4.69, 9.17) is 33.1 Å². The minimum atomic E-state index is -1.20. The molecule has 1 heterocycles. The Hall–Kier alpha value is -1.79. The Balaban J connectivity index is 1.99. The summed E-state index contributed by atoms with van der Waals surface area (Å²) in [6.45, 7) is 1.75. The average Bonchev–Trinajstić information content (AvgIpc) is 2.88. The summed E-state index contributed by atoms with van der Waals surface area (Å²) in [5.41, 5.74) is 0.527. The van der Waals surface area contributed by atoms with E-state index >= 15 is 0 Å². The Bertz CT molecular complexity index is 618. The lowest BCUT2D eigenvalue weighted by Crippen LogP contribution is -2.36. The van der Waals surface area contributed by atoms with Crippen molar-refractivity contribution in [1.82, 2.24) is 5.32 Å². The molecule has 1 amide bonds. The summed E-state index contributed by atoms with van der Waals surface area (Å²) < 4.78 is 0. The average molecular weight is 331 g/mol. The van der Waals surface area contributed by atoms with E-state index in [1.807, 2.05) is 0 Å². The van der Waals surface area contributed by atoms with Gasteiger partial charge in [0.15, 0.2) is 5.71 Å². The molecule has 0 radical (unpaired) electrons. The molecule has 1 aliphatic rings. The summed E-state index contributed by atoms with van der Waals surface area (Å²) in [5, 5.41) is 15.8. The maximum Gasteiger partial charge on any atom is 0.353 e. The van der Waals surface area contributed by atoms with E-state index in [1.54, 1.807) is 25.1 Å². The number of hydrogen-bond donors (Lipinski definition) is 2. The first-order valence-corrected chi connectivity index (χ1v) is 6.85. The predicted octanol–water partition coefficient (Wildman–Crippen LogP) is 2.40. The minimum Gasteiger partial charge on any atom is -0.477 e. The Labute approximate surface area is 130 Å². The van der Waals surface area contributed by atoms with Crippen molar-refractivity contribution in [2.45, 2.75) is 25.5 Å². The van der Waals surface area contributed by atoms with Gasteiger partial charge in [-0.1, -0.05) is 34.4 Å². The second-order valence-corrected chi connectivity index (χ2v) is 5.38. The molecule has 21 heavy (non-hydrogen) atoms. The van der Waals surface area contributed by atoms with Crippen LogP contribution >= 0.6 is 23.2 Å². The second kappa shape index (κ2) is 6.32. The highest BCUT2D eigenvalue weighted by Gasteiger charge is 2.32. The highest BCUT2D eigenvalue weighted by Crippen LogP contribution is 2.26. The minimum absolute atomic E-state index is 0.0672. The number of nitrogens with zero attached hydrogens (tertiary/aromatic N) is 1. The van der Waals surface area contributed by atoms with Crippen LogP contribution in [0.3, 0.4) is 0 Å². The summed E-state index contributed by atoms with van der Waals surface area (Å²) in [7, 11) is 0. The molecule has 0 saturated carbocycles. The van der Waals surface area contributed by atoms with Crippen LogP contribution in [0.25, 0.3) is 0 Å². The molecule has 1 aliphatic heterocycles. The summed E-state index contributed by atoms with van der Waals surface area (Å²) >= 11 is 11.9. The largest absolute Gasteiger partial charge is 0.477 e. The van der Waals surface area contributed by atoms with Crippen molar-refractivity contribution >= 4 is 40.8 Å². The Kier molecular flexibility index (Phi) is 4.69. The number of halogens is 2. The molecule has 1 aromatic rings. The highest BCUT2D eigenvalue weighted by atomic mass is 35.5. The van der Waals surface area contributed by atoms with Gasteiger partial charge in [0.1, 0.15) is 0 Å². The van der Waals surface area contributed by atoms with Gasteiger partial charge in [-0.05, 0) is 24.6 Å². The topological polar surface area (TPSA) is 88.0 Å². The molecule has 0 spiro atoms. The molecule has 0 aliphatic carbocycles. The van der Waals surface area contributed by atoms with Gasteiger partial charge in [-0.15, -0.1) is 0 Å². The SMILES string of the molecule is CC(NC(=O)C1CC(C(=O)O)=NO1)c1ccc(Cl)cc1Cl. The monoisotopic (exact) mass is 330 g/mol. The smallest absolute Gasteiger partial charge is 0.353 e. The zero-order valence-corrected chi connectivity index (χ0v) is 12.5. The van der Waals surface area contributed by atoms with Crippen LogP contribution in [-0.4, -0.2) is 28.8 Å². The standard InChI is InChI=1S/C13H12Cl2N2O4/c1-6(8-3-2-7(14)4-9(8)15)16-12(18)11-5-10(13(19)20)17-21-11/h2-4,6,11H,5H2,1H3,(H,16,18)(H,19,20). The van der Waals surface area contributed by atoms with Crippen molar-refractivity contribution in [3.63, 3.8) is 0 Å². The van der Waals surface area contributed by atoms with E-state index in [0.29, 0.717) is 15.6 Å². The number of carboxylic acids is 1. The Morgan fingerprint density at radius 3 is 2.76 bits per heavy atom. The molecule has 2 N–H and O–H groups in total. The molecule has 0 saturated heterocycles. The first-order valence-electron chi connectivity index (χ1n) is 6.09. The molecule has 0 fully saturated rings. The number of carboxylic acid groups (broad SMARTS) is 1. The van der Waals surface area contributed by atoms with Crippen molar-refractivity contribution < 1.29 is 19.5 Å². The molecule has 112 valence electrons. The zero-order valence-electron chi connectivity index (χ0n) is 11.0. The lowest BCUT2D eigenvalue weighted by Gasteiger charge is -2.17. The first kappa shape index (κ1) is 15.6. The van der Waals surface area contributed by atoms with Crippen molar-refractivity contribution in [3.05, 3.63) is 33.8 Å². The Morgan fingerprint density at radius 2 is 2.19 bits per heavy atom. The number of nitrogens with one attached hydrogen (secondary N) is 1. The normalized spacial score (nSPS) is 18.6. The van der Waals surface area contributed by atoms with Crippen LogP contribution in [0.15, 0.2) is 23.4 Å². The molecule has 2 atom stereocenters. The number of carbonyl (C=O) groups excluding carboxylic acids is 1. The van der Waals surface area contributed by atoms with Gasteiger partial charge in [0.25, 0.3) is 5.91 Å². The van der Waals surface area contributed by atoms with Gasteiger partial charge < -0.3 is 15.3 Å². The maximum atomic E-state index is 12.0. The molecule has 8 heteroatoms. The highest BCUT2D eigenvalue weighted by molar-refractivity contribution is 6.36. The fraction of sp³-hybridized carbons (Fsp3) is 0.308. The number of oxime groups is 1. The third-order valence-electron chi connectivity index (χ3n) is 3.00. The van der Waals surface area contributed by atoms with E-state index in [2.05, 4.69) is 10.5 Å². The van der Waals surface area contributed by atoms with E-state index in [9.17, 15) is 9.59 Å². The number of amides is 1. The lowest BCUT2D eigenvalue weighted by atomic mass is 10.1. The fourth-order valence-electron chi connectivity index (χ4n) is 1.88. The maximum absolute atomic E-state index is 12.0. The number of hydrogen-bond acceptors (Lipinski definition) is 4. The van der Waals surface area contributed by atoms with Crippen molar-refractivity contribution in [3.8, 4) is 0 Å². The van der Waals surface area contributed by atoms with Crippen LogP contribution in [-0.2, 0) is 14.4 Å². The summed E-state index contributed by atoms with van der Waals surface area (Å²) in [6, 6.07) is 4.59. The van der Waals surface area contributed by atoms with Gasteiger partial charge in [-0.25, -0.2) is 4.79 Å². The van der Waals surface area contributed by atoms with Gasteiger partial charge in [0.05, 0.1) is 6.04 Å². The number of carbonyl (C=O) groups is 2. The van der Waals surface area contributed by atoms with Gasteiger partial charge in [0.2, 0.25) is 6.10 Å². The number of rotatable bonds is 4. The van der Waals surface area contributed by atoms with Gasteiger partial charge >= 0.3 is 5.97 Å². The molecule has 2 unspecified atom stereocenters. The van der Waals surface area contributed by atoms with Crippen LogP contribution < -0.4 is 5.32 Å². The number of aliphatic carboxylic acids is 1. The summed E-state index contributed by atoms with van der Waals surface area (Å²) in [4.78, 5) is 27.5. The fourth-order valence-corrected chi connectivity index (χ4v) is 2.45. The van der Waals surface area contributed by atoms with Crippen LogP contribution in [0.5, 0.6) is 0 Å². The van der Waals surface area contributed by atoms with Gasteiger partial charge in [0, 0.05) is 16.5 Å². The van der Waals surface area contributed by atoms with E-state index in [0.717, 1.165) is 0 Å². The first-order chi connectivity index (χ1) is 9.88. The predicted molar refractivity (Wildman–Crippen MR) is 77.6 cm³/mol. The zero-order chi connectivity index (χ0) is 15.6. The van der Waals surface area contributed by atoms with Crippen molar-refractivity contribution in [2.75, 3.05) is 0 Å². The molecular formula is C13H12Cl2N2O4. The molecule has 0 bridgehead atoms. The summed E-state index contributed by atoms with van der Waals surface area (Å²) in [5.74, 6) is -1.65. The third-order valence-corrected chi connectivity index (χ3v) is 3.56. The van der Waals surface area contributed by atoms with Crippen LogP contribution in [0.2, 0.25) is 10.0 Å². The molecule has 2 rings (SSSR count). The van der Waals surface area contributed by atoms with Crippen LogP contribution in [0, 0.1) is 0 Å². The van der Waals surface area contributed by atoms with Crippen molar-refractivity contribution in [2.24, 2.45) is 5.16 Å². The molecular weight excluding hydrogens is 319 g/mol. The molecule has 0 aromatic heterocycles. The lowest BCUT2D eigenvalue weighted by molar-refractivity contribution is -0.132. The van der Waals surface area contributed by atoms with Crippen molar-refractivity contribution in [1.29, 1.82) is 0 Å². The van der Waals surface area contributed by atoms with E-state index in [1.165, 1.54) is 0 Å². The van der Waals surface area contributed by atoms with Crippen LogP contribution in [0.1, 0.15) is 24.9 Å². The third kappa shape index (κ3) is 3.65. The quantitative estimate of drug-likeness (QED) is 0.887. The molecule has 1 aromatic carbocycles. The Morgan fingerprint density at radius 1 is 1.48 bits per heavy atom. The summed E-state index contributed by atoms with van der Waals surface area (Å²) in [6.07, 6.45) is -1.01.